The maximum absolute atomic E-state index is 10.1. The van der Waals surface area contributed by atoms with Gasteiger partial charge in [0.05, 0.1) is 12.7 Å². The second kappa shape index (κ2) is 5.05. The van der Waals surface area contributed by atoms with Crippen LogP contribution in [0.15, 0.2) is 0 Å². The normalized spacial score (nSPS) is 9.90. The first-order valence-corrected chi connectivity index (χ1v) is 3.28. The Hall–Kier alpha value is -0.770. The molecule has 0 heterocycles. The van der Waals surface area contributed by atoms with Gasteiger partial charge in [-0.1, -0.05) is 0 Å². The topological polar surface area (TPSA) is 64.3 Å². The lowest BCUT2D eigenvalue weighted by Gasteiger charge is -2.06. The number of ether oxygens (including phenoxy) is 1. The lowest BCUT2D eigenvalue weighted by atomic mass is 10.5. The van der Waals surface area contributed by atoms with Crippen molar-refractivity contribution >= 4 is 6.03 Å². The molecule has 0 saturated heterocycles. The predicted octanol–water partition coefficient (Wildman–Crippen LogP) is 0.0797. The van der Waals surface area contributed by atoms with Crippen molar-refractivity contribution in [1.29, 1.82) is 0 Å². The van der Waals surface area contributed by atoms with E-state index in [2.05, 4.69) is 5.32 Å². The Morgan fingerprint density at radius 2 is 2.30 bits per heavy atom. The van der Waals surface area contributed by atoms with Crippen molar-refractivity contribution in [3.63, 3.8) is 0 Å². The minimum atomic E-state index is -0.507. The van der Waals surface area contributed by atoms with E-state index in [9.17, 15) is 4.79 Å². The van der Waals surface area contributed by atoms with Gasteiger partial charge in [-0.2, -0.15) is 0 Å². The van der Waals surface area contributed by atoms with Crippen molar-refractivity contribution in [3.8, 4) is 0 Å². The number of amides is 2. The SMILES string of the molecule is CC(C)OCCNC(N)=O. The molecule has 0 aliphatic carbocycles. The number of nitrogens with one attached hydrogen (secondary N) is 1. The molecule has 60 valence electrons. The van der Waals surface area contributed by atoms with E-state index in [1.165, 1.54) is 0 Å². The maximum atomic E-state index is 10.1. The lowest BCUT2D eigenvalue weighted by molar-refractivity contribution is 0.0819. The summed E-state index contributed by atoms with van der Waals surface area (Å²) in [5.41, 5.74) is 4.80. The molecule has 4 heteroatoms. The number of hydrogen-bond acceptors (Lipinski definition) is 2. The van der Waals surface area contributed by atoms with Crippen LogP contribution < -0.4 is 11.1 Å². The van der Waals surface area contributed by atoms with Crippen LogP contribution in [0.4, 0.5) is 4.79 Å². The number of nitrogens with two attached hydrogens (primary N) is 1. The standard InChI is InChI=1S/C6H14N2O2/c1-5(2)10-4-3-8-6(7)9/h5H,3-4H2,1-2H3,(H3,7,8,9). The fourth-order valence-corrected chi connectivity index (χ4v) is 0.469. The van der Waals surface area contributed by atoms with E-state index >= 15 is 0 Å². The summed E-state index contributed by atoms with van der Waals surface area (Å²) in [7, 11) is 0. The molecule has 4 nitrogen and oxygen atoms in total. The van der Waals surface area contributed by atoms with Crippen LogP contribution in [0.2, 0.25) is 0 Å². The summed E-state index contributed by atoms with van der Waals surface area (Å²) < 4.78 is 5.12. The molecule has 0 aromatic rings. The van der Waals surface area contributed by atoms with E-state index < -0.39 is 6.03 Å². The number of primary amides is 1. The molecule has 0 aromatic carbocycles. The van der Waals surface area contributed by atoms with Crippen LogP contribution >= 0.6 is 0 Å². The molecule has 0 saturated carbocycles. The zero-order chi connectivity index (χ0) is 7.98. The Balaban J connectivity index is 2.98. The molecule has 0 radical (unpaired) electrons. The Morgan fingerprint density at radius 1 is 1.70 bits per heavy atom. The molecule has 2 amide bonds. The third kappa shape index (κ3) is 7.23. The summed E-state index contributed by atoms with van der Waals surface area (Å²) in [5, 5.41) is 2.41. The number of hydrogen-bond donors (Lipinski definition) is 2. The highest BCUT2D eigenvalue weighted by atomic mass is 16.5. The molecule has 0 atom stereocenters. The van der Waals surface area contributed by atoms with Crippen LogP contribution in [-0.4, -0.2) is 25.3 Å². The summed E-state index contributed by atoms with van der Waals surface area (Å²) in [6, 6.07) is -0.507. The highest BCUT2D eigenvalue weighted by Gasteiger charge is 1.93. The van der Waals surface area contributed by atoms with Crippen molar-refractivity contribution in [1.82, 2.24) is 5.32 Å². The van der Waals surface area contributed by atoms with Crippen molar-refractivity contribution in [3.05, 3.63) is 0 Å². The Labute approximate surface area is 60.7 Å². The third-order valence-corrected chi connectivity index (χ3v) is 0.852. The number of carbonyl (C=O) groups excluding carboxylic acids is 1. The molecule has 0 fully saturated rings. The van der Waals surface area contributed by atoms with Gasteiger partial charge in [-0.15, -0.1) is 0 Å². The minimum absolute atomic E-state index is 0.203. The summed E-state index contributed by atoms with van der Waals surface area (Å²) in [6.07, 6.45) is 0.203. The van der Waals surface area contributed by atoms with Gasteiger partial charge in [-0.25, -0.2) is 4.79 Å². The first-order valence-electron chi connectivity index (χ1n) is 3.28. The zero-order valence-electron chi connectivity index (χ0n) is 6.39. The van der Waals surface area contributed by atoms with Crippen LogP contribution in [0.3, 0.4) is 0 Å². The maximum Gasteiger partial charge on any atom is 0.312 e. The highest BCUT2D eigenvalue weighted by Crippen LogP contribution is 1.84. The first kappa shape index (κ1) is 9.23. The fourth-order valence-electron chi connectivity index (χ4n) is 0.469. The Morgan fingerprint density at radius 3 is 2.70 bits per heavy atom. The monoisotopic (exact) mass is 146 g/mol. The predicted molar refractivity (Wildman–Crippen MR) is 38.7 cm³/mol. The molecule has 0 spiro atoms. The van der Waals surface area contributed by atoms with E-state index in [1.54, 1.807) is 0 Å². The molecule has 0 unspecified atom stereocenters. The van der Waals surface area contributed by atoms with Crippen molar-refractivity contribution in [2.75, 3.05) is 13.2 Å². The number of urea groups is 1. The van der Waals surface area contributed by atoms with Crippen LogP contribution in [0.1, 0.15) is 13.8 Å². The molecule has 10 heavy (non-hydrogen) atoms. The molecular formula is C6H14N2O2. The van der Waals surface area contributed by atoms with Crippen molar-refractivity contribution in [2.24, 2.45) is 5.73 Å². The van der Waals surface area contributed by atoms with E-state index in [4.69, 9.17) is 10.5 Å². The van der Waals surface area contributed by atoms with Gasteiger partial charge in [0.25, 0.3) is 0 Å². The van der Waals surface area contributed by atoms with Gasteiger partial charge < -0.3 is 15.8 Å². The van der Waals surface area contributed by atoms with Gasteiger partial charge in [0.2, 0.25) is 0 Å². The molecule has 0 aliphatic rings. The van der Waals surface area contributed by atoms with Gasteiger partial charge in [-0.3, -0.25) is 0 Å². The molecule has 0 rings (SSSR count). The van der Waals surface area contributed by atoms with Gasteiger partial charge >= 0.3 is 6.03 Å². The summed E-state index contributed by atoms with van der Waals surface area (Å²) >= 11 is 0. The minimum Gasteiger partial charge on any atom is -0.377 e. The highest BCUT2D eigenvalue weighted by molar-refractivity contribution is 5.71. The number of carbonyl (C=O) groups is 1. The van der Waals surface area contributed by atoms with Gasteiger partial charge in [-0.05, 0) is 13.8 Å². The van der Waals surface area contributed by atoms with Crippen molar-refractivity contribution < 1.29 is 9.53 Å². The molecule has 3 N–H and O–H groups in total. The van der Waals surface area contributed by atoms with E-state index in [-0.39, 0.29) is 6.10 Å². The molecule has 0 bridgehead atoms. The van der Waals surface area contributed by atoms with Crippen LogP contribution in [0.5, 0.6) is 0 Å². The quantitative estimate of drug-likeness (QED) is 0.552. The van der Waals surface area contributed by atoms with Crippen LogP contribution in [0.25, 0.3) is 0 Å². The molecular weight excluding hydrogens is 132 g/mol. The van der Waals surface area contributed by atoms with E-state index in [0.29, 0.717) is 13.2 Å². The van der Waals surface area contributed by atoms with Crippen LogP contribution in [0, 0.1) is 0 Å². The van der Waals surface area contributed by atoms with Crippen molar-refractivity contribution in [2.45, 2.75) is 20.0 Å². The average Bonchev–Trinajstić information content (AvgIpc) is 1.79. The summed E-state index contributed by atoms with van der Waals surface area (Å²) in [5.74, 6) is 0. The third-order valence-electron chi connectivity index (χ3n) is 0.852. The smallest absolute Gasteiger partial charge is 0.312 e. The Bertz CT molecular complexity index is 104. The zero-order valence-corrected chi connectivity index (χ0v) is 6.39. The summed E-state index contributed by atoms with van der Waals surface area (Å²) in [6.45, 7) is 4.86. The van der Waals surface area contributed by atoms with E-state index in [1.807, 2.05) is 13.8 Å². The number of rotatable bonds is 4. The van der Waals surface area contributed by atoms with Gasteiger partial charge in [0.1, 0.15) is 0 Å². The Kier molecular flexibility index (Phi) is 4.66. The average molecular weight is 146 g/mol. The summed E-state index contributed by atoms with van der Waals surface area (Å²) in [4.78, 5) is 10.1. The molecule has 0 aromatic heterocycles. The fraction of sp³-hybridized carbons (Fsp3) is 0.833. The molecule has 0 aliphatic heterocycles. The first-order chi connectivity index (χ1) is 4.63. The van der Waals surface area contributed by atoms with Gasteiger partial charge in [0.15, 0.2) is 0 Å². The lowest BCUT2D eigenvalue weighted by Crippen LogP contribution is -2.32. The second-order valence-corrected chi connectivity index (χ2v) is 2.21. The van der Waals surface area contributed by atoms with Crippen LogP contribution in [-0.2, 0) is 4.74 Å². The van der Waals surface area contributed by atoms with Gasteiger partial charge in [0, 0.05) is 6.54 Å². The second-order valence-electron chi connectivity index (χ2n) is 2.21. The van der Waals surface area contributed by atoms with E-state index in [0.717, 1.165) is 0 Å². The largest absolute Gasteiger partial charge is 0.377 e.